The van der Waals surface area contributed by atoms with Gasteiger partial charge >= 0.3 is 5.97 Å². The Morgan fingerprint density at radius 2 is 2.15 bits per heavy atom. The number of hydrogen-bond acceptors (Lipinski definition) is 6. The molecular formula is C20H26N2O3S2. The van der Waals surface area contributed by atoms with Gasteiger partial charge in [-0.15, -0.1) is 22.7 Å². The van der Waals surface area contributed by atoms with Crippen LogP contribution in [0.4, 0.5) is 0 Å². The van der Waals surface area contributed by atoms with Crippen molar-refractivity contribution in [2.45, 2.75) is 38.8 Å². The maximum absolute atomic E-state index is 12.8. The summed E-state index contributed by atoms with van der Waals surface area (Å²) in [6.07, 6.45) is 1.74. The molecule has 2 aromatic rings. The van der Waals surface area contributed by atoms with Crippen LogP contribution in [0.2, 0.25) is 0 Å². The SMILES string of the molecule is CCC(C)C(NC(=O)CN1CCc2sccc2C1c1cccs1)C(=O)OC. The Bertz CT molecular complexity index is 772. The van der Waals surface area contributed by atoms with Crippen molar-refractivity contribution in [1.29, 1.82) is 0 Å². The van der Waals surface area contributed by atoms with E-state index in [-0.39, 0.29) is 30.4 Å². The number of thiophene rings is 2. The molecule has 0 fully saturated rings. The molecule has 0 aliphatic carbocycles. The van der Waals surface area contributed by atoms with Crippen LogP contribution in [0.25, 0.3) is 0 Å². The molecule has 0 aromatic carbocycles. The second kappa shape index (κ2) is 8.99. The summed E-state index contributed by atoms with van der Waals surface area (Å²) in [5, 5.41) is 7.10. The molecule has 0 radical (unpaired) electrons. The first-order chi connectivity index (χ1) is 13.0. The van der Waals surface area contributed by atoms with E-state index in [1.807, 2.05) is 13.8 Å². The van der Waals surface area contributed by atoms with E-state index in [1.54, 1.807) is 22.7 Å². The minimum Gasteiger partial charge on any atom is -0.467 e. The second-order valence-corrected chi connectivity index (χ2v) is 8.87. The standard InChI is InChI=1S/C20H26N2O3S2/c1-4-13(2)18(20(24)25-3)21-17(23)12-22-9-7-15-14(8-11-27-15)19(22)16-6-5-10-26-16/h5-6,8,10-11,13,18-19H,4,7,9,12H2,1-3H3,(H,21,23). The van der Waals surface area contributed by atoms with Crippen molar-refractivity contribution in [3.05, 3.63) is 44.3 Å². The third-order valence-corrected chi connectivity index (χ3v) is 7.13. The maximum Gasteiger partial charge on any atom is 0.328 e. The van der Waals surface area contributed by atoms with Crippen LogP contribution in [0.1, 0.15) is 41.6 Å². The van der Waals surface area contributed by atoms with Crippen molar-refractivity contribution in [3.63, 3.8) is 0 Å². The van der Waals surface area contributed by atoms with Gasteiger partial charge in [-0.3, -0.25) is 9.69 Å². The van der Waals surface area contributed by atoms with Crippen molar-refractivity contribution in [2.24, 2.45) is 5.92 Å². The largest absolute Gasteiger partial charge is 0.467 e. The summed E-state index contributed by atoms with van der Waals surface area (Å²) in [7, 11) is 1.36. The fourth-order valence-corrected chi connectivity index (χ4v) is 5.30. The fourth-order valence-electron chi connectivity index (χ4n) is 3.52. The molecule has 0 saturated heterocycles. The lowest BCUT2D eigenvalue weighted by Crippen LogP contribution is -2.50. The predicted octanol–water partition coefficient (Wildman–Crippen LogP) is 3.46. The first-order valence-electron chi connectivity index (χ1n) is 9.26. The summed E-state index contributed by atoms with van der Waals surface area (Å²) in [6.45, 7) is 5.05. The molecule has 1 amide bonds. The molecule has 146 valence electrons. The van der Waals surface area contributed by atoms with Crippen LogP contribution in [0, 0.1) is 5.92 Å². The fraction of sp³-hybridized carbons (Fsp3) is 0.500. The van der Waals surface area contributed by atoms with Gasteiger partial charge in [-0.1, -0.05) is 26.3 Å². The van der Waals surface area contributed by atoms with Crippen LogP contribution in [-0.2, 0) is 20.7 Å². The van der Waals surface area contributed by atoms with Crippen LogP contribution in [0.3, 0.4) is 0 Å². The van der Waals surface area contributed by atoms with E-state index in [0.717, 1.165) is 19.4 Å². The molecule has 0 saturated carbocycles. The van der Waals surface area contributed by atoms with Crippen LogP contribution < -0.4 is 5.32 Å². The topological polar surface area (TPSA) is 58.6 Å². The van der Waals surface area contributed by atoms with Gasteiger partial charge in [-0.05, 0) is 40.8 Å². The van der Waals surface area contributed by atoms with E-state index in [1.165, 1.54) is 22.4 Å². The predicted molar refractivity (Wildman–Crippen MR) is 109 cm³/mol. The van der Waals surface area contributed by atoms with E-state index in [4.69, 9.17) is 4.74 Å². The Kier molecular flexibility index (Phi) is 6.68. The smallest absolute Gasteiger partial charge is 0.328 e. The number of hydrogen-bond donors (Lipinski definition) is 1. The van der Waals surface area contributed by atoms with Gasteiger partial charge in [0.15, 0.2) is 0 Å². The first kappa shape index (κ1) is 20.0. The highest BCUT2D eigenvalue weighted by Gasteiger charge is 2.33. The van der Waals surface area contributed by atoms with Crippen molar-refractivity contribution in [3.8, 4) is 0 Å². The molecular weight excluding hydrogens is 380 g/mol. The van der Waals surface area contributed by atoms with Crippen LogP contribution in [-0.4, -0.2) is 43.0 Å². The average molecular weight is 407 g/mol. The zero-order valence-electron chi connectivity index (χ0n) is 15.9. The molecule has 3 rings (SSSR count). The van der Waals surface area contributed by atoms with Gasteiger partial charge in [0.2, 0.25) is 5.91 Å². The molecule has 7 heteroatoms. The molecule has 5 nitrogen and oxygen atoms in total. The van der Waals surface area contributed by atoms with Gasteiger partial charge in [0, 0.05) is 16.3 Å². The van der Waals surface area contributed by atoms with Crippen molar-refractivity contribution < 1.29 is 14.3 Å². The quantitative estimate of drug-likeness (QED) is 0.716. The molecule has 3 heterocycles. The van der Waals surface area contributed by atoms with Gasteiger partial charge in [0.25, 0.3) is 0 Å². The van der Waals surface area contributed by atoms with Gasteiger partial charge in [-0.25, -0.2) is 4.79 Å². The minimum absolute atomic E-state index is 0.0272. The Morgan fingerprint density at radius 1 is 1.33 bits per heavy atom. The molecule has 1 N–H and O–H groups in total. The molecule has 27 heavy (non-hydrogen) atoms. The minimum atomic E-state index is -0.603. The molecule has 3 atom stereocenters. The summed E-state index contributed by atoms with van der Waals surface area (Å²) in [5.41, 5.74) is 1.30. The van der Waals surface area contributed by atoms with E-state index >= 15 is 0 Å². The summed E-state index contributed by atoms with van der Waals surface area (Å²) in [6, 6.07) is 5.85. The van der Waals surface area contributed by atoms with Gasteiger partial charge < -0.3 is 10.1 Å². The number of nitrogens with zero attached hydrogens (tertiary/aromatic N) is 1. The average Bonchev–Trinajstić information content (AvgIpc) is 3.36. The van der Waals surface area contributed by atoms with Crippen LogP contribution in [0.5, 0.6) is 0 Å². The number of carbonyl (C=O) groups is 2. The first-order valence-corrected chi connectivity index (χ1v) is 11.0. The number of amides is 1. The zero-order valence-corrected chi connectivity index (χ0v) is 17.6. The van der Waals surface area contributed by atoms with E-state index in [2.05, 4.69) is 39.2 Å². The van der Waals surface area contributed by atoms with E-state index in [0.29, 0.717) is 0 Å². The lowest BCUT2D eigenvalue weighted by Gasteiger charge is -2.35. The molecule has 0 spiro atoms. The van der Waals surface area contributed by atoms with Crippen molar-refractivity contribution >= 4 is 34.6 Å². The highest BCUT2D eigenvalue weighted by atomic mass is 32.1. The third-order valence-electron chi connectivity index (χ3n) is 5.21. The summed E-state index contributed by atoms with van der Waals surface area (Å²) >= 11 is 3.50. The Hall–Kier alpha value is -1.70. The Labute approximate surface area is 168 Å². The summed E-state index contributed by atoms with van der Waals surface area (Å²) < 4.78 is 4.88. The number of methoxy groups -OCH3 is 1. The zero-order chi connectivity index (χ0) is 19.4. The number of esters is 1. The number of fused-ring (bicyclic) bond motifs is 1. The van der Waals surface area contributed by atoms with E-state index < -0.39 is 6.04 Å². The monoisotopic (exact) mass is 406 g/mol. The molecule has 1 aliphatic heterocycles. The summed E-state index contributed by atoms with van der Waals surface area (Å²) in [4.78, 5) is 29.7. The Balaban J connectivity index is 1.75. The molecule has 3 unspecified atom stereocenters. The van der Waals surface area contributed by atoms with Crippen molar-refractivity contribution in [1.82, 2.24) is 10.2 Å². The number of ether oxygens (including phenoxy) is 1. The van der Waals surface area contributed by atoms with E-state index in [9.17, 15) is 9.59 Å². The number of carbonyl (C=O) groups excluding carboxylic acids is 2. The highest BCUT2D eigenvalue weighted by molar-refractivity contribution is 7.10. The third kappa shape index (κ3) is 4.42. The second-order valence-electron chi connectivity index (χ2n) is 6.89. The Morgan fingerprint density at radius 3 is 2.81 bits per heavy atom. The number of rotatable bonds is 7. The normalized spacial score (nSPS) is 19.1. The van der Waals surface area contributed by atoms with Crippen LogP contribution in [0.15, 0.2) is 29.0 Å². The highest BCUT2D eigenvalue weighted by Crippen LogP contribution is 2.39. The molecule has 1 aliphatic rings. The van der Waals surface area contributed by atoms with Crippen LogP contribution >= 0.6 is 22.7 Å². The lowest BCUT2D eigenvalue weighted by molar-refractivity contribution is -0.146. The maximum atomic E-state index is 12.8. The van der Waals surface area contributed by atoms with Gasteiger partial charge in [-0.2, -0.15) is 0 Å². The van der Waals surface area contributed by atoms with Gasteiger partial charge in [0.1, 0.15) is 6.04 Å². The molecule has 2 aromatic heterocycles. The number of nitrogens with one attached hydrogen (secondary N) is 1. The van der Waals surface area contributed by atoms with Gasteiger partial charge in [0.05, 0.1) is 19.7 Å². The lowest BCUT2D eigenvalue weighted by atomic mass is 9.97. The summed E-state index contributed by atoms with van der Waals surface area (Å²) in [5.74, 6) is -0.489. The van der Waals surface area contributed by atoms with Crippen molar-refractivity contribution in [2.75, 3.05) is 20.2 Å². The molecule has 0 bridgehead atoms.